The van der Waals surface area contributed by atoms with Crippen LogP contribution in [0.3, 0.4) is 0 Å². The maximum absolute atomic E-state index is 12.7. The number of benzene rings is 1. The fourth-order valence-electron chi connectivity index (χ4n) is 5.50. The number of hydrogen-bond donors (Lipinski definition) is 2. The van der Waals surface area contributed by atoms with Crippen LogP contribution in [0.1, 0.15) is 38.5 Å². The minimum absolute atomic E-state index is 0.319. The van der Waals surface area contributed by atoms with Gasteiger partial charge in [-0.1, -0.05) is 17.7 Å². The van der Waals surface area contributed by atoms with E-state index in [2.05, 4.69) is 5.32 Å². The van der Waals surface area contributed by atoms with Crippen LogP contribution < -0.4 is 5.32 Å². The van der Waals surface area contributed by atoms with Gasteiger partial charge in [-0.3, -0.25) is 9.59 Å². The molecule has 2 N–H and O–H groups in total. The van der Waals surface area contributed by atoms with Crippen molar-refractivity contribution in [2.75, 3.05) is 11.9 Å². The van der Waals surface area contributed by atoms with Crippen LogP contribution in [0, 0.1) is 17.3 Å². The number of carbonyl (C=O) groups is 2. The number of aliphatic hydroxyl groups is 1. The Hall–Kier alpha value is -1.59. The molecule has 2 unspecified atom stereocenters. The summed E-state index contributed by atoms with van der Waals surface area (Å²) in [6.07, 6.45) is 4.73. The molecular weight excluding hydrogens is 342 g/mol. The highest BCUT2D eigenvalue weighted by Crippen LogP contribution is 2.61. The van der Waals surface area contributed by atoms with Crippen LogP contribution in [0.15, 0.2) is 24.3 Å². The predicted octanol–water partition coefficient (Wildman–Crippen LogP) is 3.15. The summed E-state index contributed by atoms with van der Waals surface area (Å²) < 4.78 is 5.34. The molecule has 0 aromatic heterocycles. The molecule has 0 aliphatic heterocycles. The van der Waals surface area contributed by atoms with E-state index < -0.39 is 11.0 Å². The minimum atomic E-state index is -0.716. The lowest BCUT2D eigenvalue weighted by Gasteiger charge is -2.58. The predicted molar refractivity (Wildman–Crippen MR) is 93.1 cm³/mol. The summed E-state index contributed by atoms with van der Waals surface area (Å²) in [6.45, 7) is -0.319. The van der Waals surface area contributed by atoms with Gasteiger partial charge in [-0.05, 0) is 68.6 Å². The number of anilines is 1. The lowest BCUT2D eigenvalue weighted by Crippen LogP contribution is -2.58. The topological polar surface area (TPSA) is 75.6 Å². The molecule has 1 amide bonds. The summed E-state index contributed by atoms with van der Waals surface area (Å²) in [7, 11) is 0. The largest absolute Gasteiger partial charge is 0.455 e. The maximum Gasteiger partial charge on any atom is 0.312 e. The second-order valence-electron chi connectivity index (χ2n) is 8.10. The number of halogens is 1. The third-order valence-corrected chi connectivity index (χ3v) is 6.14. The average molecular weight is 364 g/mol. The van der Waals surface area contributed by atoms with Crippen LogP contribution in [0.5, 0.6) is 0 Å². The molecule has 4 fully saturated rings. The van der Waals surface area contributed by atoms with Gasteiger partial charge in [0.15, 0.2) is 6.61 Å². The fourth-order valence-corrected chi connectivity index (χ4v) is 5.69. The van der Waals surface area contributed by atoms with Crippen molar-refractivity contribution >= 4 is 29.2 Å². The first-order valence-electron chi connectivity index (χ1n) is 8.81. The van der Waals surface area contributed by atoms with Gasteiger partial charge in [0.05, 0.1) is 11.0 Å². The minimum Gasteiger partial charge on any atom is -0.455 e. The van der Waals surface area contributed by atoms with Crippen molar-refractivity contribution in [2.45, 2.75) is 44.1 Å². The van der Waals surface area contributed by atoms with Crippen LogP contribution in [-0.2, 0) is 14.3 Å². The fraction of sp³-hybridized carbons (Fsp3) is 0.579. The quantitative estimate of drug-likeness (QED) is 0.806. The Morgan fingerprint density at radius 1 is 1.24 bits per heavy atom. The van der Waals surface area contributed by atoms with Gasteiger partial charge >= 0.3 is 5.97 Å². The lowest BCUT2D eigenvalue weighted by molar-refractivity contribution is -0.196. The Bertz CT molecular complexity index is 705. The van der Waals surface area contributed by atoms with Crippen molar-refractivity contribution in [3.8, 4) is 0 Å². The van der Waals surface area contributed by atoms with Crippen molar-refractivity contribution in [3.05, 3.63) is 29.3 Å². The summed E-state index contributed by atoms with van der Waals surface area (Å²) in [5.74, 6) is 0.0819. The monoisotopic (exact) mass is 363 g/mol. The standard InChI is InChI=1S/C19H22ClNO4/c20-14-2-1-3-15(5-14)21-16(22)10-25-17(23)18-6-12-4-13(7-18)9-19(24,8-12)11-18/h1-3,5,12-13,24H,4,6-11H2,(H,21,22). The molecule has 4 saturated carbocycles. The molecule has 4 aliphatic rings. The first kappa shape index (κ1) is 16.9. The highest BCUT2D eigenvalue weighted by Gasteiger charge is 2.60. The van der Waals surface area contributed by atoms with Gasteiger partial charge in [-0.15, -0.1) is 0 Å². The van der Waals surface area contributed by atoms with Crippen LogP contribution in [0.2, 0.25) is 5.02 Å². The summed E-state index contributed by atoms with van der Waals surface area (Å²) in [4.78, 5) is 24.8. The molecule has 4 bridgehead atoms. The van der Waals surface area contributed by atoms with E-state index in [1.807, 2.05) is 0 Å². The van der Waals surface area contributed by atoms with Crippen molar-refractivity contribution < 1.29 is 19.4 Å². The Morgan fingerprint density at radius 2 is 1.96 bits per heavy atom. The zero-order valence-electron chi connectivity index (χ0n) is 14.0. The van der Waals surface area contributed by atoms with Gasteiger partial charge in [0.1, 0.15) is 0 Å². The first-order valence-corrected chi connectivity index (χ1v) is 9.19. The van der Waals surface area contributed by atoms with E-state index >= 15 is 0 Å². The summed E-state index contributed by atoms with van der Waals surface area (Å²) in [6, 6.07) is 6.81. The summed E-state index contributed by atoms with van der Waals surface area (Å²) in [5, 5.41) is 13.9. The van der Waals surface area contributed by atoms with Gasteiger partial charge in [0, 0.05) is 10.7 Å². The highest BCUT2D eigenvalue weighted by atomic mass is 35.5. The Labute approximate surface area is 151 Å². The van der Waals surface area contributed by atoms with Crippen LogP contribution in [0.25, 0.3) is 0 Å². The number of amides is 1. The molecule has 134 valence electrons. The van der Waals surface area contributed by atoms with E-state index in [1.54, 1.807) is 24.3 Å². The zero-order valence-corrected chi connectivity index (χ0v) is 14.7. The zero-order chi connectivity index (χ0) is 17.7. The third kappa shape index (κ3) is 3.27. The molecule has 5 nitrogen and oxygen atoms in total. The second kappa shape index (κ2) is 5.99. The second-order valence-corrected chi connectivity index (χ2v) is 8.54. The maximum atomic E-state index is 12.7. The van der Waals surface area contributed by atoms with Crippen LogP contribution >= 0.6 is 11.6 Å². The van der Waals surface area contributed by atoms with Gasteiger partial charge < -0.3 is 15.2 Å². The molecule has 2 atom stereocenters. The number of hydrogen-bond acceptors (Lipinski definition) is 4. The van der Waals surface area contributed by atoms with Crippen molar-refractivity contribution in [1.82, 2.24) is 0 Å². The van der Waals surface area contributed by atoms with E-state index in [-0.39, 0.29) is 18.5 Å². The van der Waals surface area contributed by atoms with Crippen molar-refractivity contribution in [3.63, 3.8) is 0 Å². The molecule has 0 spiro atoms. The molecular formula is C19H22ClNO4. The smallest absolute Gasteiger partial charge is 0.312 e. The van der Waals surface area contributed by atoms with Crippen molar-refractivity contribution in [2.24, 2.45) is 17.3 Å². The number of nitrogens with one attached hydrogen (secondary N) is 1. The number of carbonyl (C=O) groups excluding carboxylic acids is 2. The number of rotatable bonds is 4. The SMILES string of the molecule is O=C(COC(=O)C12CC3CC(CC(O)(C3)C1)C2)Nc1cccc(Cl)c1. The molecule has 6 heteroatoms. The van der Waals surface area contributed by atoms with E-state index in [9.17, 15) is 14.7 Å². The lowest BCUT2D eigenvalue weighted by atomic mass is 9.48. The molecule has 5 rings (SSSR count). The normalized spacial score (nSPS) is 35.4. The molecule has 4 aliphatic carbocycles. The number of ether oxygens (including phenoxy) is 1. The molecule has 1 aromatic carbocycles. The Morgan fingerprint density at radius 3 is 2.60 bits per heavy atom. The van der Waals surface area contributed by atoms with Gasteiger partial charge in [0.2, 0.25) is 0 Å². The van der Waals surface area contributed by atoms with E-state index in [1.165, 1.54) is 0 Å². The van der Waals surface area contributed by atoms with E-state index in [4.69, 9.17) is 16.3 Å². The Balaban J connectivity index is 1.37. The van der Waals surface area contributed by atoms with Crippen LogP contribution in [-0.4, -0.2) is 29.2 Å². The first-order chi connectivity index (χ1) is 11.9. The molecule has 0 radical (unpaired) electrons. The number of esters is 1. The van der Waals surface area contributed by atoms with Gasteiger partial charge in [-0.25, -0.2) is 0 Å². The summed E-state index contributed by atoms with van der Waals surface area (Å²) >= 11 is 5.89. The van der Waals surface area contributed by atoms with Crippen molar-refractivity contribution in [1.29, 1.82) is 0 Å². The summed E-state index contributed by atoms with van der Waals surface area (Å²) in [5.41, 5.74) is -0.751. The molecule has 1 aromatic rings. The van der Waals surface area contributed by atoms with Gasteiger partial charge in [0.25, 0.3) is 5.91 Å². The van der Waals surface area contributed by atoms with Crippen LogP contribution in [0.4, 0.5) is 5.69 Å². The third-order valence-electron chi connectivity index (χ3n) is 5.91. The average Bonchev–Trinajstić information content (AvgIpc) is 2.50. The van der Waals surface area contributed by atoms with Gasteiger partial charge in [-0.2, -0.15) is 0 Å². The van der Waals surface area contributed by atoms with E-state index in [0.717, 1.165) is 32.1 Å². The van der Waals surface area contributed by atoms with E-state index in [0.29, 0.717) is 29.0 Å². The molecule has 0 heterocycles. The molecule has 25 heavy (non-hydrogen) atoms. The molecule has 0 saturated heterocycles. The highest BCUT2D eigenvalue weighted by molar-refractivity contribution is 6.30. The Kier molecular flexibility index (Phi) is 4.04.